The van der Waals surface area contributed by atoms with E-state index in [9.17, 15) is 5.11 Å². The highest BCUT2D eigenvalue weighted by Gasteiger charge is 2.55. The molecule has 12 nitrogen and oxygen atoms in total. The number of fused-ring (bicyclic) bond motifs is 1. The molecule has 1 N–H and O–H groups in total. The molecule has 12 heteroatoms. The van der Waals surface area contributed by atoms with E-state index in [-0.39, 0.29) is 39.6 Å². The minimum Gasteiger partial charge on any atom is -0.497 e. The zero-order valence-electron chi connectivity index (χ0n) is 37.5. The van der Waals surface area contributed by atoms with Gasteiger partial charge in [-0.2, -0.15) is 0 Å². The molecule has 6 aromatic carbocycles. The van der Waals surface area contributed by atoms with Gasteiger partial charge in [0.1, 0.15) is 54.6 Å². The highest BCUT2D eigenvalue weighted by atomic mass is 16.8. The lowest BCUT2D eigenvalue weighted by Crippen LogP contribution is -2.67. The zero-order chi connectivity index (χ0) is 45.6. The molecule has 0 amide bonds. The van der Waals surface area contributed by atoms with Gasteiger partial charge in [-0.1, -0.05) is 164 Å². The molecule has 0 aromatic heterocycles. The average Bonchev–Trinajstić information content (AvgIpc) is 3.39. The fourth-order valence-electron chi connectivity index (χ4n) is 8.54. The molecular formula is C55H58O12. The highest BCUT2D eigenvalue weighted by Crippen LogP contribution is 2.39. The van der Waals surface area contributed by atoms with E-state index in [1.807, 2.05) is 176 Å². The first kappa shape index (κ1) is 46.8. The standard InChI is InChI=1S/C55H58O12/c1-57-44-29-27-42(28-30-44)34-59-50-47(56)54(64-46-37-63-53(66-48(46)50)43-25-15-6-16-26-43)67-49-45(36-58-31-38-17-7-2-8-18-38)65-55(62-35-41-23-13-5-14-24-41)52(61-33-40-21-11-4-12-22-40)51(49)60-32-39-19-9-3-10-20-39/h2-30,45-56H,31-37H2,1H3/t45-,46-,47-,48+,49-,50-,51+,52-,53+,54+,55+/m1/s1. The van der Waals surface area contributed by atoms with E-state index in [0.717, 1.165) is 39.1 Å². The summed E-state index contributed by atoms with van der Waals surface area (Å²) >= 11 is 0. The van der Waals surface area contributed by atoms with Crippen LogP contribution in [0.25, 0.3) is 0 Å². The number of hydrogen-bond donors (Lipinski definition) is 1. The molecule has 9 rings (SSSR count). The predicted molar refractivity (Wildman–Crippen MR) is 247 cm³/mol. The van der Waals surface area contributed by atoms with Crippen LogP contribution in [0.4, 0.5) is 0 Å². The Morgan fingerprint density at radius 2 is 0.970 bits per heavy atom. The van der Waals surface area contributed by atoms with Crippen molar-refractivity contribution in [2.45, 2.75) is 101 Å². The van der Waals surface area contributed by atoms with Gasteiger partial charge in [0.15, 0.2) is 18.9 Å². The summed E-state index contributed by atoms with van der Waals surface area (Å²) in [7, 11) is 1.62. The molecule has 0 saturated carbocycles. The molecule has 0 aliphatic carbocycles. The summed E-state index contributed by atoms with van der Waals surface area (Å²) in [5, 5.41) is 12.5. The van der Waals surface area contributed by atoms with Gasteiger partial charge in [-0.25, -0.2) is 0 Å². The Labute approximate surface area is 392 Å². The van der Waals surface area contributed by atoms with Gasteiger partial charge in [0.25, 0.3) is 0 Å². The smallest absolute Gasteiger partial charge is 0.187 e. The Hall–Kier alpha value is -5.32. The molecule has 3 aliphatic heterocycles. The molecule has 3 saturated heterocycles. The van der Waals surface area contributed by atoms with Crippen LogP contribution in [0, 0.1) is 0 Å². The average molecular weight is 911 g/mol. The lowest BCUT2D eigenvalue weighted by molar-refractivity contribution is -0.394. The third-order valence-electron chi connectivity index (χ3n) is 12.1. The highest BCUT2D eigenvalue weighted by molar-refractivity contribution is 5.27. The summed E-state index contributed by atoms with van der Waals surface area (Å²) in [6, 6.07) is 56.9. The molecule has 3 aliphatic rings. The second kappa shape index (κ2) is 23.6. The van der Waals surface area contributed by atoms with Gasteiger partial charge >= 0.3 is 0 Å². The number of methoxy groups -OCH3 is 1. The van der Waals surface area contributed by atoms with Crippen molar-refractivity contribution < 1.29 is 57.2 Å². The van der Waals surface area contributed by atoms with Gasteiger partial charge < -0.3 is 57.2 Å². The molecule has 350 valence electrons. The topological polar surface area (TPSA) is 122 Å². The first-order chi connectivity index (χ1) is 33.1. The summed E-state index contributed by atoms with van der Waals surface area (Å²) in [6.45, 7) is 1.41. The van der Waals surface area contributed by atoms with E-state index >= 15 is 0 Å². The summed E-state index contributed by atoms with van der Waals surface area (Å²) in [4.78, 5) is 0. The van der Waals surface area contributed by atoms with Crippen molar-refractivity contribution in [3.63, 3.8) is 0 Å². The molecule has 6 aromatic rings. The fourth-order valence-corrected chi connectivity index (χ4v) is 8.54. The van der Waals surface area contributed by atoms with Gasteiger partial charge in [-0.15, -0.1) is 0 Å². The van der Waals surface area contributed by atoms with Crippen molar-refractivity contribution in [1.82, 2.24) is 0 Å². The second-order valence-electron chi connectivity index (χ2n) is 16.8. The Morgan fingerprint density at radius 1 is 0.478 bits per heavy atom. The van der Waals surface area contributed by atoms with Gasteiger partial charge in [-0.3, -0.25) is 0 Å². The van der Waals surface area contributed by atoms with Gasteiger partial charge in [-0.05, 0) is 39.9 Å². The Bertz CT molecular complexity index is 2330. The van der Waals surface area contributed by atoms with Crippen molar-refractivity contribution in [2.24, 2.45) is 0 Å². The molecular weight excluding hydrogens is 853 g/mol. The van der Waals surface area contributed by atoms with E-state index in [1.54, 1.807) is 7.11 Å². The van der Waals surface area contributed by atoms with E-state index in [4.69, 9.17) is 52.1 Å². The summed E-state index contributed by atoms with van der Waals surface area (Å²) in [5.74, 6) is 0.724. The van der Waals surface area contributed by atoms with Gasteiger partial charge in [0, 0.05) is 5.56 Å². The Balaban J connectivity index is 1.04. The first-order valence-corrected chi connectivity index (χ1v) is 22.9. The first-order valence-electron chi connectivity index (χ1n) is 22.9. The van der Waals surface area contributed by atoms with Crippen LogP contribution in [0.1, 0.15) is 39.7 Å². The zero-order valence-corrected chi connectivity index (χ0v) is 37.5. The molecule has 11 atom stereocenters. The largest absolute Gasteiger partial charge is 0.497 e. The second-order valence-corrected chi connectivity index (χ2v) is 16.8. The third kappa shape index (κ3) is 12.4. The monoisotopic (exact) mass is 910 g/mol. The number of aliphatic hydroxyl groups excluding tert-OH is 1. The van der Waals surface area contributed by atoms with Crippen molar-refractivity contribution >= 4 is 0 Å². The number of hydrogen-bond acceptors (Lipinski definition) is 12. The van der Waals surface area contributed by atoms with Crippen molar-refractivity contribution in [2.75, 3.05) is 20.3 Å². The molecule has 0 radical (unpaired) electrons. The molecule has 0 bridgehead atoms. The maximum absolute atomic E-state index is 12.5. The number of benzene rings is 6. The fraction of sp³-hybridized carbons (Fsp3) is 0.345. The van der Waals surface area contributed by atoms with Crippen molar-refractivity contribution in [1.29, 1.82) is 0 Å². The third-order valence-corrected chi connectivity index (χ3v) is 12.1. The molecule has 0 unspecified atom stereocenters. The van der Waals surface area contributed by atoms with Gasteiger partial charge in [0.05, 0.1) is 53.4 Å². The lowest BCUT2D eigenvalue weighted by atomic mass is 9.95. The Kier molecular flexibility index (Phi) is 16.5. The minimum atomic E-state index is -1.34. The van der Waals surface area contributed by atoms with Crippen LogP contribution in [-0.2, 0) is 80.4 Å². The molecule has 67 heavy (non-hydrogen) atoms. The lowest BCUT2D eigenvalue weighted by Gasteiger charge is -2.50. The summed E-state index contributed by atoms with van der Waals surface area (Å²) in [6.07, 6.45) is -9.92. The number of aliphatic hydroxyl groups is 1. The van der Waals surface area contributed by atoms with Crippen LogP contribution in [0.3, 0.4) is 0 Å². The predicted octanol–water partition coefficient (Wildman–Crippen LogP) is 8.49. The van der Waals surface area contributed by atoms with Crippen molar-refractivity contribution in [3.8, 4) is 5.75 Å². The number of rotatable bonds is 20. The normalized spacial score (nSPS) is 27.2. The van der Waals surface area contributed by atoms with Crippen LogP contribution < -0.4 is 4.74 Å². The molecule has 3 heterocycles. The number of ether oxygens (including phenoxy) is 11. The van der Waals surface area contributed by atoms with Gasteiger partial charge in [0.2, 0.25) is 0 Å². The molecule has 0 spiro atoms. The van der Waals surface area contributed by atoms with Crippen molar-refractivity contribution in [3.05, 3.63) is 209 Å². The molecule has 3 fully saturated rings. The Morgan fingerprint density at radius 3 is 1.54 bits per heavy atom. The van der Waals surface area contributed by atoms with E-state index < -0.39 is 67.7 Å². The minimum absolute atomic E-state index is 0.0819. The maximum atomic E-state index is 12.5. The quantitative estimate of drug-likeness (QED) is 0.0791. The van der Waals surface area contributed by atoms with E-state index in [1.165, 1.54) is 0 Å². The summed E-state index contributed by atoms with van der Waals surface area (Å²) < 4.78 is 72.5. The maximum Gasteiger partial charge on any atom is 0.187 e. The van der Waals surface area contributed by atoms with Crippen LogP contribution in [0.5, 0.6) is 5.75 Å². The van der Waals surface area contributed by atoms with Crippen LogP contribution in [-0.4, -0.2) is 86.8 Å². The van der Waals surface area contributed by atoms with E-state index in [0.29, 0.717) is 6.61 Å². The summed E-state index contributed by atoms with van der Waals surface area (Å²) in [5.41, 5.74) is 5.58. The van der Waals surface area contributed by atoms with E-state index in [2.05, 4.69) is 0 Å². The van der Waals surface area contributed by atoms with Crippen LogP contribution in [0.15, 0.2) is 176 Å². The van der Waals surface area contributed by atoms with Crippen LogP contribution >= 0.6 is 0 Å². The SMILES string of the molecule is COc1ccc(CO[C@@H]2[C@@H](O)[C@H](O[C@H]3[C@H](OCc4ccccc4)[C@@H](OCc4ccccc4)[C@@H](OCc4ccccc4)O[C@@H]3COCc3ccccc3)O[C@@H]3CO[C@H](c4ccccc4)O[C@H]23)cc1. The van der Waals surface area contributed by atoms with Crippen LogP contribution in [0.2, 0.25) is 0 Å².